The second-order valence-corrected chi connectivity index (χ2v) is 5.00. The van der Waals surface area contributed by atoms with Crippen molar-refractivity contribution in [3.8, 4) is 5.75 Å². The van der Waals surface area contributed by atoms with Crippen LogP contribution >= 0.6 is 11.6 Å². The molecule has 0 saturated heterocycles. The van der Waals surface area contributed by atoms with Gasteiger partial charge in [-0.15, -0.1) is 0 Å². The minimum atomic E-state index is 0.144. The Labute approximate surface area is 102 Å². The summed E-state index contributed by atoms with van der Waals surface area (Å²) in [6.07, 6.45) is 5.07. The number of phenols is 1. The third kappa shape index (κ3) is 2.62. The molecule has 2 rings (SSSR count). The van der Waals surface area contributed by atoms with Crippen LogP contribution in [0.3, 0.4) is 0 Å². The minimum Gasteiger partial charge on any atom is -0.506 e. The second kappa shape index (κ2) is 4.96. The number of halogens is 1. The smallest absolute Gasteiger partial charge is 0.134 e. The molecule has 0 heterocycles. The highest BCUT2D eigenvalue weighted by Gasteiger charge is 2.22. The van der Waals surface area contributed by atoms with Gasteiger partial charge in [-0.05, 0) is 43.4 Å². The van der Waals surface area contributed by atoms with Crippen molar-refractivity contribution in [2.75, 3.05) is 5.32 Å². The van der Waals surface area contributed by atoms with Gasteiger partial charge in [0.05, 0.1) is 5.02 Å². The van der Waals surface area contributed by atoms with Crippen LogP contribution in [-0.4, -0.2) is 11.1 Å². The molecule has 2 atom stereocenters. The molecule has 0 amide bonds. The zero-order valence-corrected chi connectivity index (χ0v) is 10.3. The number of phenolic OH excluding ortho intramolecular Hbond substituents is 1. The number of hydrogen-bond donors (Lipinski definition) is 2. The fourth-order valence-electron chi connectivity index (χ4n) is 2.41. The van der Waals surface area contributed by atoms with Gasteiger partial charge in [0.15, 0.2) is 0 Å². The van der Waals surface area contributed by atoms with Gasteiger partial charge in [-0.25, -0.2) is 0 Å². The van der Waals surface area contributed by atoms with Crippen LogP contribution in [-0.2, 0) is 0 Å². The molecule has 2 N–H and O–H groups in total. The van der Waals surface area contributed by atoms with Crippen molar-refractivity contribution in [3.63, 3.8) is 0 Å². The Kier molecular flexibility index (Phi) is 3.59. The highest BCUT2D eigenvalue weighted by atomic mass is 35.5. The van der Waals surface area contributed by atoms with Gasteiger partial charge in [-0.2, -0.15) is 0 Å². The Bertz CT molecular complexity index is 367. The van der Waals surface area contributed by atoms with Gasteiger partial charge in [0.2, 0.25) is 0 Å². The molecule has 2 nitrogen and oxygen atoms in total. The van der Waals surface area contributed by atoms with E-state index in [2.05, 4.69) is 12.2 Å². The molecule has 1 aliphatic rings. The first-order valence-corrected chi connectivity index (χ1v) is 6.32. The summed E-state index contributed by atoms with van der Waals surface area (Å²) < 4.78 is 0. The van der Waals surface area contributed by atoms with Gasteiger partial charge in [0.25, 0.3) is 0 Å². The summed E-state index contributed by atoms with van der Waals surface area (Å²) in [4.78, 5) is 0. The molecule has 1 aromatic rings. The normalized spacial score (nSPS) is 24.6. The molecule has 0 radical (unpaired) electrons. The molecule has 0 aliphatic heterocycles. The highest BCUT2D eigenvalue weighted by Crippen LogP contribution is 2.32. The molecule has 1 saturated carbocycles. The highest BCUT2D eigenvalue weighted by molar-refractivity contribution is 6.32. The molecular formula is C13H18ClNO. The van der Waals surface area contributed by atoms with Crippen LogP contribution in [0, 0.1) is 5.92 Å². The molecule has 16 heavy (non-hydrogen) atoms. The lowest BCUT2D eigenvalue weighted by Gasteiger charge is -2.14. The van der Waals surface area contributed by atoms with E-state index >= 15 is 0 Å². The van der Waals surface area contributed by atoms with Crippen LogP contribution in [0.25, 0.3) is 0 Å². The number of nitrogens with one attached hydrogen (secondary N) is 1. The van der Waals surface area contributed by atoms with Gasteiger partial charge >= 0.3 is 0 Å². The Hall–Kier alpha value is -0.890. The maximum absolute atomic E-state index is 9.32. The molecule has 0 spiro atoms. The molecule has 3 heteroatoms. The maximum Gasteiger partial charge on any atom is 0.134 e. The van der Waals surface area contributed by atoms with E-state index in [9.17, 15) is 5.11 Å². The topological polar surface area (TPSA) is 32.3 Å². The molecule has 0 bridgehead atoms. The van der Waals surface area contributed by atoms with Crippen molar-refractivity contribution in [2.24, 2.45) is 5.92 Å². The van der Waals surface area contributed by atoms with Gasteiger partial charge < -0.3 is 10.4 Å². The largest absolute Gasteiger partial charge is 0.506 e. The molecule has 1 aromatic carbocycles. The summed E-state index contributed by atoms with van der Waals surface area (Å²) in [5, 5.41) is 13.2. The first-order valence-electron chi connectivity index (χ1n) is 5.94. The molecule has 1 fully saturated rings. The monoisotopic (exact) mass is 239 g/mol. The molecule has 2 unspecified atom stereocenters. The van der Waals surface area contributed by atoms with Gasteiger partial charge in [-0.3, -0.25) is 0 Å². The minimum absolute atomic E-state index is 0.144. The first kappa shape index (κ1) is 11.6. The predicted octanol–water partition coefficient (Wildman–Crippen LogP) is 4.04. The summed E-state index contributed by atoms with van der Waals surface area (Å²) >= 11 is 5.87. The van der Waals surface area contributed by atoms with Crippen molar-refractivity contribution in [2.45, 2.75) is 38.6 Å². The average molecular weight is 240 g/mol. The van der Waals surface area contributed by atoms with E-state index < -0.39 is 0 Å². The van der Waals surface area contributed by atoms with E-state index in [0.717, 1.165) is 11.6 Å². The van der Waals surface area contributed by atoms with Crippen LogP contribution in [0.1, 0.15) is 32.6 Å². The Morgan fingerprint density at radius 2 is 2.25 bits per heavy atom. The zero-order valence-electron chi connectivity index (χ0n) is 9.54. The van der Waals surface area contributed by atoms with Gasteiger partial charge in [0, 0.05) is 11.7 Å². The van der Waals surface area contributed by atoms with Crippen molar-refractivity contribution < 1.29 is 5.11 Å². The first-order chi connectivity index (χ1) is 7.69. The van der Waals surface area contributed by atoms with E-state index in [0.29, 0.717) is 11.1 Å². The Balaban J connectivity index is 1.97. The zero-order chi connectivity index (χ0) is 11.5. The summed E-state index contributed by atoms with van der Waals surface area (Å²) in [5.41, 5.74) is 1.00. The fourth-order valence-corrected chi connectivity index (χ4v) is 2.59. The summed E-state index contributed by atoms with van der Waals surface area (Å²) in [5.74, 6) is 1.01. The molecule has 88 valence electrons. The summed E-state index contributed by atoms with van der Waals surface area (Å²) in [6.45, 7) is 2.25. The van der Waals surface area contributed by atoms with Crippen LogP contribution in [0.2, 0.25) is 5.02 Å². The SMILES string of the molecule is CCC1CCC(Nc2ccc(O)c(Cl)c2)C1. The van der Waals surface area contributed by atoms with Crippen LogP contribution < -0.4 is 5.32 Å². The number of rotatable bonds is 3. The van der Waals surface area contributed by atoms with E-state index in [1.54, 1.807) is 12.1 Å². The van der Waals surface area contributed by atoms with E-state index in [1.807, 2.05) is 6.07 Å². The molecule has 0 aromatic heterocycles. The van der Waals surface area contributed by atoms with E-state index in [1.165, 1.54) is 25.7 Å². The number of hydrogen-bond acceptors (Lipinski definition) is 2. The summed E-state index contributed by atoms with van der Waals surface area (Å²) in [6, 6.07) is 5.86. The lowest BCUT2D eigenvalue weighted by Crippen LogP contribution is -2.15. The number of anilines is 1. The van der Waals surface area contributed by atoms with E-state index in [-0.39, 0.29) is 5.75 Å². The second-order valence-electron chi connectivity index (χ2n) is 4.59. The third-order valence-electron chi connectivity index (χ3n) is 3.44. The Morgan fingerprint density at radius 3 is 2.88 bits per heavy atom. The predicted molar refractivity (Wildman–Crippen MR) is 68.2 cm³/mol. The summed E-state index contributed by atoms with van der Waals surface area (Å²) in [7, 11) is 0. The van der Waals surface area contributed by atoms with Crippen LogP contribution in [0.4, 0.5) is 5.69 Å². The molecular weight excluding hydrogens is 222 g/mol. The molecule has 1 aliphatic carbocycles. The van der Waals surface area contributed by atoms with Crippen molar-refractivity contribution >= 4 is 17.3 Å². The van der Waals surface area contributed by atoms with Gasteiger partial charge in [-0.1, -0.05) is 24.9 Å². The number of benzene rings is 1. The Morgan fingerprint density at radius 1 is 1.44 bits per heavy atom. The standard InChI is InChI=1S/C13H18ClNO/c1-2-9-3-4-10(7-9)15-11-5-6-13(16)12(14)8-11/h5-6,8-10,15-16H,2-4,7H2,1H3. The van der Waals surface area contributed by atoms with Crippen molar-refractivity contribution in [1.29, 1.82) is 0 Å². The fraction of sp³-hybridized carbons (Fsp3) is 0.538. The lowest BCUT2D eigenvalue weighted by molar-refractivity contribution is 0.475. The van der Waals surface area contributed by atoms with Crippen molar-refractivity contribution in [3.05, 3.63) is 23.2 Å². The van der Waals surface area contributed by atoms with Crippen molar-refractivity contribution in [1.82, 2.24) is 0 Å². The number of aromatic hydroxyl groups is 1. The van der Waals surface area contributed by atoms with Crippen LogP contribution in [0.5, 0.6) is 5.75 Å². The van der Waals surface area contributed by atoms with E-state index in [4.69, 9.17) is 11.6 Å². The van der Waals surface area contributed by atoms with Crippen LogP contribution in [0.15, 0.2) is 18.2 Å². The lowest BCUT2D eigenvalue weighted by atomic mass is 10.1. The quantitative estimate of drug-likeness (QED) is 0.781. The van der Waals surface area contributed by atoms with Gasteiger partial charge in [0.1, 0.15) is 5.75 Å². The maximum atomic E-state index is 9.32. The third-order valence-corrected chi connectivity index (χ3v) is 3.74. The average Bonchev–Trinajstić information content (AvgIpc) is 2.71.